The number of aliphatic hydroxyl groups is 1. The molecule has 2 aliphatic rings. The van der Waals surface area contributed by atoms with E-state index in [0.717, 1.165) is 44.9 Å². The largest absolute Gasteiger partial charge is 0.508 e. The van der Waals surface area contributed by atoms with E-state index in [1.54, 1.807) is 19.1 Å². The van der Waals surface area contributed by atoms with Gasteiger partial charge in [-0.2, -0.15) is 0 Å². The zero-order valence-electron chi connectivity index (χ0n) is 38.3. The number of rotatable bonds is 16. The van der Waals surface area contributed by atoms with Crippen LogP contribution in [0.3, 0.4) is 0 Å². The number of nitrogens with one attached hydrogen (secondary N) is 5. The number of hydrogen-bond donors (Lipinski definition) is 8. The molecule has 0 aliphatic carbocycles. The Morgan fingerprint density at radius 2 is 1.42 bits per heavy atom. The van der Waals surface area contributed by atoms with Crippen molar-refractivity contribution in [3.63, 3.8) is 0 Å². The lowest BCUT2D eigenvalue weighted by atomic mass is 9.97. The molecule has 18 nitrogen and oxygen atoms in total. The number of nitrogens with zero attached hydrogens (tertiary/aromatic N) is 1. The predicted octanol–water partition coefficient (Wildman–Crippen LogP) is 2.30. The highest BCUT2D eigenvalue weighted by Gasteiger charge is 2.40. The molecule has 7 amide bonds. The average molecular weight is 900 g/mol. The number of carbonyl (C=O) groups is 8. The molecule has 0 radical (unpaired) electrons. The summed E-state index contributed by atoms with van der Waals surface area (Å²) in [5.41, 5.74) is 6.00. The summed E-state index contributed by atoms with van der Waals surface area (Å²) in [6.45, 7) is 8.69. The molecule has 358 valence electrons. The number of aliphatic hydroxyl groups excluding tert-OH is 1. The quantitative estimate of drug-likeness (QED) is 0.0881. The van der Waals surface area contributed by atoms with Crippen molar-refractivity contribution in [2.75, 3.05) is 6.54 Å². The first kappa shape index (κ1) is 53.1. The third-order valence-electron chi connectivity index (χ3n) is 12.1. The minimum Gasteiger partial charge on any atom is -0.508 e. The van der Waals surface area contributed by atoms with E-state index >= 15 is 0 Å². The van der Waals surface area contributed by atoms with Crippen molar-refractivity contribution >= 4 is 47.3 Å². The highest BCUT2D eigenvalue weighted by molar-refractivity contribution is 5.97. The lowest BCUT2D eigenvalue weighted by Gasteiger charge is -2.30. The molecule has 1 aromatic rings. The molecule has 2 fully saturated rings. The van der Waals surface area contributed by atoms with Crippen LogP contribution in [0.4, 0.5) is 0 Å². The maximum Gasteiger partial charge on any atom is 0.329 e. The van der Waals surface area contributed by atoms with Crippen LogP contribution in [0, 0.1) is 5.92 Å². The van der Waals surface area contributed by atoms with Gasteiger partial charge >= 0.3 is 5.97 Å². The summed E-state index contributed by atoms with van der Waals surface area (Å²) in [7, 11) is 0. The summed E-state index contributed by atoms with van der Waals surface area (Å²) < 4.78 is 6.12. The normalized spacial score (nSPS) is 25.9. The van der Waals surface area contributed by atoms with Gasteiger partial charge in [0.2, 0.25) is 41.4 Å². The summed E-state index contributed by atoms with van der Waals surface area (Å²) in [6.07, 6.45) is 6.68. The summed E-state index contributed by atoms with van der Waals surface area (Å²) in [5.74, 6) is -6.12. The molecule has 0 aromatic heterocycles. The van der Waals surface area contributed by atoms with Crippen LogP contribution in [0.2, 0.25) is 0 Å². The number of nitrogens with two attached hydrogens (primary N) is 1. The Morgan fingerprint density at radius 3 is 2.06 bits per heavy atom. The number of carbonyl (C=O) groups excluding carboxylic acids is 8. The third kappa shape index (κ3) is 17.4. The second-order valence-electron chi connectivity index (χ2n) is 17.4. The van der Waals surface area contributed by atoms with Gasteiger partial charge in [-0.05, 0) is 82.4 Å². The summed E-state index contributed by atoms with van der Waals surface area (Å²) in [4.78, 5) is 110. The topological polar surface area (TPSA) is 276 Å². The molecule has 2 saturated heterocycles. The van der Waals surface area contributed by atoms with Crippen LogP contribution >= 0.6 is 0 Å². The highest BCUT2D eigenvalue weighted by atomic mass is 16.5. The number of phenols is 1. The predicted molar refractivity (Wildman–Crippen MR) is 238 cm³/mol. The minimum atomic E-state index is -1.41. The Hall–Kier alpha value is -5.26. The van der Waals surface area contributed by atoms with Crippen molar-refractivity contribution in [2.45, 2.75) is 192 Å². The van der Waals surface area contributed by atoms with E-state index in [1.807, 2.05) is 6.92 Å². The molecular weight excluding hydrogens is 827 g/mol. The Balaban J connectivity index is 2.03. The van der Waals surface area contributed by atoms with Crippen LogP contribution in [0.1, 0.15) is 143 Å². The number of cyclic esters (lactones) is 1. The van der Waals surface area contributed by atoms with Gasteiger partial charge in [-0.25, -0.2) is 4.79 Å². The highest BCUT2D eigenvalue weighted by Crippen LogP contribution is 2.22. The van der Waals surface area contributed by atoms with Gasteiger partial charge in [0.15, 0.2) is 0 Å². The zero-order valence-corrected chi connectivity index (χ0v) is 38.3. The molecule has 0 unspecified atom stereocenters. The molecule has 9 atom stereocenters. The second kappa shape index (κ2) is 27.2. The van der Waals surface area contributed by atoms with Gasteiger partial charge in [0.25, 0.3) is 0 Å². The van der Waals surface area contributed by atoms with E-state index in [2.05, 4.69) is 33.5 Å². The van der Waals surface area contributed by atoms with Crippen molar-refractivity contribution in [3.8, 4) is 5.75 Å². The van der Waals surface area contributed by atoms with Crippen molar-refractivity contribution in [3.05, 3.63) is 29.8 Å². The number of phenolic OH excluding ortho intramolecular Hbond substituents is 1. The number of amides is 7. The molecule has 1 aromatic carbocycles. The lowest BCUT2D eigenvalue weighted by molar-refractivity contribution is -0.155. The summed E-state index contributed by atoms with van der Waals surface area (Å²) in [6, 6.07) is -1.54. The number of benzene rings is 1. The fourth-order valence-electron chi connectivity index (χ4n) is 7.98. The van der Waals surface area contributed by atoms with Crippen LogP contribution < -0.4 is 32.3 Å². The van der Waals surface area contributed by atoms with E-state index in [9.17, 15) is 48.6 Å². The van der Waals surface area contributed by atoms with Gasteiger partial charge < -0.3 is 52.2 Å². The molecule has 2 aliphatic heterocycles. The average Bonchev–Trinajstić information content (AvgIpc) is 3.75. The van der Waals surface area contributed by atoms with Gasteiger partial charge in [-0.1, -0.05) is 77.8 Å². The molecule has 0 saturated carbocycles. The number of unbranched alkanes of at least 4 members (excludes halogenated alkanes) is 6. The second-order valence-corrected chi connectivity index (χ2v) is 17.4. The first-order valence-electron chi connectivity index (χ1n) is 23.2. The van der Waals surface area contributed by atoms with Gasteiger partial charge in [-0.15, -0.1) is 0 Å². The number of ether oxygens (including phenoxy) is 1. The molecule has 9 N–H and O–H groups in total. The molecule has 2 heterocycles. The molecular formula is C46H73N7O11. The number of primary amides is 1. The summed E-state index contributed by atoms with van der Waals surface area (Å²) >= 11 is 0. The van der Waals surface area contributed by atoms with E-state index in [1.165, 1.54) is 30.9 Å². The van der Waals surface area contributed by atoms with Crippen molar-refractivity contribution in [2.24, 2.45) is 11.7 Å². The molecule has 0 spiro atoms. The standard InChI is InChI=1S/C46H73N7O11/c1-6-8-9-10-11-12-13-16-33-17-14-19-38(57)51-40(30(5)54)44(61)48-29(4)45(62)53-26-15-18-36(53)43(60)49-34(24-25-37(47)56)41(58)50-35(27-31-20-22-32(55)23-21-31)42(59)52-39(28(3)7-2)46(63)64-33/h20-23,28-30,33-36,39-40,54-55H,6-19,24-27H2,1-5H3,(H2,47,56)(H,48,61)(H,49,60)(H,50,58)(H,51,57)(H,52,59)/t28-,29-,30-,33+,34+,35-,36+,39+,40-/m1/s1. The van der Waals surface area contributed by atoms with E-state index in [4.69, 9.17) is 10.5 Å². The van der Waals surface area contributed by atoms with E-state index in [-0.39, 0.29) is 50.8 Å². The molecule has 64 heavy (non-hydrogen) atoms. The SMILES string of the molecule is CCCCCCCCC[C@H]1CCCC(=O)N[C@H]([C@@H](C)O)C(=O)N[C@H](C)C(=O)N2CCC[C@H]2C(=O)N[C@@H](CCC(N)=O)C(=O)N[C@H](Cc2ccc(O)cc2)C(=O)N[C@@H]([C@H](C)CC)C(=O)O1. The fraction of sp³-hybridized carbons (Fsp3) is 0.696. The maximum atomic E-state index is 14.3. The summed E-state index contributed by atoms with van der Waals surface area (Å²) in [5, 5.41) is 33.7. The molecule has 18 heteroatoms. The van der Waals surface area contributed by atoms with Gasteiger partial charge in [0, 0.05) is 25.8 Å². The molecule has 0 bridgehead atoms. The van der Waals surface area contributed by atoms with E-state index in [0.29, 0.717) is 31.2 Å². The smallest absolute Gasteiger partial charge is 0.329 e. The maximum absolute atomic E-state index is 14.3. The zero-order chi connectivity index (χ0) is 47.3. The van der Waals surface area contributed by atoms with Crippen LogP contribution in [0.25, 0.3) is 0 Å². The van der Waals surface area contributed by atoms with Gasteiger partial charge in [-0.3, -0.25) is 33.6 Å². The number of fused-ring (bicyclic) bond motifs is 1. The first-order valence-corrected chi connectivity index (χ1v) is 23.2. The van der Waals surface area contributed by atoms with Crippen LogP contribution in [0.15, 0.2) is 24.3 Å². The number of aromatic hydroxyl groups is 1. The monoisotopic (exact) mass is 900 g/mol. The Morgan fingerprint density at radius 1 is 0.781 bits per heavy atom. The minimum absolute atomic E-state index is 0.0217. The van der Waals surface area contributed by atoms with Gasteiger partial charge in [0.1, 0.15) is 48.1 Å². The third-order valence-corrected chi connectivity index (χ3v) is 12.1. The van der Waals surface area contributed by atoms with Gasteiger partial charge in [0.05, 0.1) is 6.10 Å². The van der Waals surface area contributed by atoms with E-state index < -0.39 is 102 Å². The first-order chi connectivity index (χ1) is 30.4. The fourth-order valence-corrected chi connectivity index (χ4v) is 7.98. The van der Waals surface area contributed by atoms with Crippen LogP contribution in [0.5, 0.6) is 5.75 Å². The van der Waals surface area contributed by atoms with Crippen molar-refractivity contribution < 1.29 is 53.3 Å². The van der Waals surface area contributed by atoms with Crippen molar-refractivity contribution in [1.29, 1.82) is 0 Å². The number of hydrogen-bond acceptors (Lipinski definition) is 11. The Kier molecular flexibility index (Phi) is 22.5. The lowest BCUT2D eigenvalue weighted by Crippen LogP contribution is -2.60. The molecule has 3 rings (SSSR count). The van der Waals surface area contributed by atoms with Crippen LogP contribution in [-0.4, -0.2) is 117 Å². The van der Waals surface area contributed by atoms with Crippen LogP contribution in [-0.2, 0) is 49.5 Å². The van der Waals surface area contributed by atoms with Crippen molar-refractivity contribution in [1.82, 2.24) is 31.5 Å². The Bertz CT molecular complexity index is 1730. The number of esters is 1. The Labute approximate surface area is 377 Å².